The predicted molar refractivity (Wildman–Crippen MR) is 137 cm³/mol. The van der Waals surface area contributed by atoms with Gasteiger partial charge in [-0.05, 0) is 55.1 Å². The third kappa shape index (κ3) is 6.16. The van der Waals surface area contributed by atoms with Crippen molar-refractivity contribution in [2.24, 2.45) is 0 Å². The molecular weight excluding hydrogens is 520 g/mol. The fourth-order valence-electron chi connectivity index (χ4n) is 3.30. The van der Waals surface area contributed by atoms with E-state index in [9.17, 15) is 28.1 Å². The average Bonchev–Trinajstić information content (AvgIpc) is 3.13. The zero-order valence-electron chi connectivity index (χ0n) is 19.4. The molecule has 0 aliphatic carbocycles. The molecule has 1 aliphatic rings. The number of hydrogen-bond acceptors (Lipinski definition) is 9. The van der Waals surface area contributed by atoms with Gasteiger partial charge in [-0.1, -0.05) is 35.9 Å². The number of nitro groups is 1. The van der Waals surface area contributed by atoms with E-state index in [1.54, 1.807) is 24.3 Å². The van der Waals surface area contributed by atoms with E-state index in [4.69, 9.17) is 8.92 Å². The van der Waals surface area contributed by atoms with Crippen LogP contribution in [-0.4, -0.2) is 42.5 Å². The summed E-state index contributed by atoms with van der Waals surface area (Å²) in [5.41, 5.74) is 1.07. The number of carbonyl (C=O) groups is 2. The molecule has 4 rings (SSSR count). The quantitative estimate of drug-likeness (QED) is 0.163. The van der Waals surface area contributed by atoms with Gasteiger partial charge in [0, 0.05) is 17.7 Å². The van der Waals surface area contributed by atoms with Crippen molar-refractivity contribution in [1.29, 1.82) is 0 Å². The van der Waals surface area contributed by atoms with Crippen LogP contribution in [0, 0.1) is 17.0 Å². The molecule has 1 aliphatic heterocycles. The minimum absolute atomic E-state index is 0.0442. The monoisotopic (exact) mass is 540 g/mol. The SMILES string of the molecule is Cc1ccc(OCCN2C(=O)S/C(=C\c3ccccc3OS(=O)(=O)c3ccc([N+](=O)[O-])cc3)C2=O)cc1. The highest BCUT2D eigenvalue weighted by atomic mass is 32.2. The van der Waals surface area contributed by atoms with E-state index in [-0.39, 0.29) is 40.0 Å². The molecule has 190 valence electrons. The smallest absolute Gasteiger partial charge is 0.339 e. The summed E-state index contributed by atoms with van der Waals surface area (Å²) in [4.78, 5) is 36.4. The summed E-state index contributed by atoms with van der Waals surface area (Å²) in [6.45, 7) is 2.11. The number of aryl methyl sites for hydroxylation is 1. The molecule has 0 saturated carbocycles. The van der Waals surface area contributed by atoms with Crippen molar-refractivity contribution >= 4 is 44.8 Å². The molecule has 0 unspecified atom stereocenters. The molecule has 0 bridgehead atoms. The van der Waals surface area contributed by atoms with E-state index < -0.39 is 26.2 Å². The second-order valence-corrected chi connectivity index (χ2v) is 10.4. The molecule has 0 aromatic heterocycles. The van der Waals surface area contributed by atoms with E-state index in [1.165, 1.54) is 18.2 Å². The summed E-state index contributed by atoms with van der Waals surface area (Å²) < 4.78 is 36.3. The standard InChI is InChI=1S/C25H20N2O8S2/c1-17-6-10-20(11-7-17)34-15-14-26-24(28)23(36-25(26)29)16-18-4-2-3-5-22(18)35-37(32,33)21-12-8-19(9-13-21)27(30)31/h2-13,16H,14-15H2,1H3/b23-16-. The van der Waals surface area contributed by atoms with Gasteiger partial charge in [0.05, 0.1) is 16.4 Å². The molecule has 0 atom stereocenters. The maximum atomic E-state index is 12.9. The molecule has 3 aromatic carbocycles. The molecule has 10 nitrogen and oxygen atoms in total. The number of nitrogens with zero attached hydrogens (tertiary/aromatic N) is 2. The van der Waals surface area contributed by atoms with Crippen molar-refractivity contribution in [2.75, 3.05) is 13.2 Å². The topological polar surface area (TPSA) is 133 Å². The molecule has 37 heavy (non-hydrogen) atoms. The van der Waals surface area contributed by atoms with Gasteiger partial charge in [-0.2, -0.15) is 8.42 Å². The first-order valence-electron chi connectivity index (χ1n) is 10.9. The number of thioether (sulfide) groups is 1. The Kier molecular flexibility index (Phi) is 7.60. The van der Waals surface area contributed by atoms with Crippen LogP contribution in [0.2, 0.25) is 0 Å². The summed E-state index contributed by atoms with van der Waals surface area (Å²) >= 11 is 0.726. The van der Waals surface area contributed by atoms with Crippen LogP contribution in [0.1, 0.15) is 11.1 Å². The number of rotatable bonds is 9. The Morgan fingerprint density at radius 3 is 2.35 bits per heavy atom. The first-order valence-corrected chi connectivity index (χ1v) is 13.1. The number of para-hydroxylation sites is 1. The van der Waals surface area contributed by atoms with Crippen LogP contribution in [0.25, 0.3) is 6.08 Å². The number of hydrogen-bond donors (Lipinski definition) is 0. The van der Waals surface area contributed by atoms with E-state index in [0.717, 1.165) is 46.5 Å². The van der Waals surface area contributed by atoms with Gasteiger partial charge >= 0.3 is 10.1 Å². The second kappa shape index (κ2) is 10.8. The van der Waals surface area contributed by atoms with Crippen LogP contribution < -0.4 is 8.92 Å². The summed E-state index contributed by atoms with van der Waals surface area (Å²) in [5.74, 6) is 0.0133. The number of non-ortho nitro benzene ring substituents is 1. The van der Waals surface area contributed by atoms with Crippen molar-refractivity contribution in [3.63, 3.8) is 0 Å². The van der Waals surface area contributed by atoms with Crippen LogP contribution in [0.3, 0.4) is 0 Å². The van der Waals surface area contributed by atoms with Crippen LogP contribution >= 0.6 is 11.8 Å². The van der Waals surface area contributed by atoms with Gasteiger partial charge in [-0.25, -0.2) is 0 Å². The Morgan fingerprint density at radius 2 is 1.68 bits per heavy atom. The molecule has 12 heteroatoms. The van der Waals surface area contributed by atoms with Crippen LogP contribution in [-0.2, 0) is 14.9 Å². The predicted octanol–water partition coefficient (Wildman–Crippen LogP) is 4.79. The number of carbonyl (C=O) groups excluding carboxylic acids is 2. The van der Waals surface area contributed by atoms with Gasteiger partial charge in [0.1, 0.15) is 23.0 Å². The lowest BCUT2D eigenvalue weighted by Crippen LogP contribution is -2.32. The summed E-state index contributed by atoms with van der Waals surface area (Å²) in [6, 6.07) is 17.7. The highest BCUT2D eigenvalue weighted by Gasteiger charge is 2.35. The minimum Gasteiger partial charge on any atom is -0.492 e. The van der Waals surface area contributed by atoms with Gasteiger partial charge in [0.2, 0.25) is 0 Å². The Hall–Kier alpha value is -4.16. The zero-order valence-corrected chi connectivity index (χ0v) is 21.0. The Labute approximate surface area is 216 Å². The lowest BCUT2D eigenvalue weighted by molar-refractivity contribution is -0.384. The summed E-state index contributed by atoms with van der Waals surface area (Å²) in [6.07, 6.45) is 1.38. The van der Waals surface area contributed by atoms with Gasteiger partial charge < -0.3 is 8.92 Å². The molecule has 1 saturated heterocycles. The van der Waals surface area contributed by atoms with Gasteiger partial charge in [0.25, 0.3) is 16.8 Å². The number of ether oxygens (including phenoxy) is 1. The Balaban J connectivity index is 1.48. The average molecular weight is 541 g/mol. The third-order valence-corrected chi connectivity index (χ3v) is 7.38. The van der Waals surface area contributed by atoms with E-state index in [0.29, 0.717) is 5.75 Å². The highest BCUT2D eigenvalue weighted by molar-refractivity contribution is 8.18. The molecule has 3 aromatic rings. The first-order chi connectivity index (χ1) is 17.6. The second-order valence-electron chi connectivity index (χ2n) is 7.82. The Morgan fingerprint density at radius 1 is 1.00 bits per heavy atom. The number of imide groups is 1. The maximum absolute atomic E-state index is 12.9. The summed E-state index contributed by atoms with van der Waals surface area (Å²) in [5, 5.41) is 10.4. The van der Waals surface area contributed by atoms with Crippen molar-refractivity contribution in [3.05, 3.63) is 98.9 Å². The van der Waals surface area contributed by atoms with E-state index in [1.807, 2.05) is 19.1 Å². The number of amides is 2. The molecule has 0 spiro atoms. The molecule has 0 N–H and O–H groups in total. The molecule has 1 fully saturated rings. The van der Waals surface area contributed by atoms with Crippen LogP contribution in [0.5, 0.6) is 11.5 Å². The first kappa shape index (κ1) is 25.9. The lowest BCUT2D eigenvalue weighted by atomic mass is 10.2. The van der Waals surface area contributed by atoms with Gasteiger partial charge in [-0.3, -0.25) is 24.6 Å². The fourth-order valence-corrected chi connectivity index (χ4v) is 5.11. The van der Waals surface area contributed by atoms with Crippen molar-refractivity contribution in [3.8, 4) is 11.5 Å². The fraction of sp³-hybridized carbons (Fsp3) is 0.120. The third-order valence-electron chi connectivity index (χ3n) is 5.22. The number of nitro benzene ring substituents is 1. The number of benzene rings is 3. The van der Waals surface area contributed by atoms with Crippen LogP contribution in [0.15, 0.2) is 82.6 Å². The normalized spacial score (nSPS) is 14.7. The van der Waals surface area contributed by atoms with E-state index >= 15 is 0 Å². The summed E-state index contributed by atoms with van der Waals surface area (Å²) in [7, 11) is -4.33. The Bertz CT molecular complexity index is 1480. The van der Waals surface area contributed by atoms with Gasteiger partial charge in [0.15, 0.2) is 0 Å². The van der Waals surface area contributed by atoms with Crippen molar-refractivity contribution < 1.29 is 31.9 Å². The molecule has 1 heterocycles. The minimum atomic E-state index is -4.33. The molecular formula is C25H20N2O8S2. The highest BCUT2D eigenvalue weighted by Crippen LogP contribution is 2.34. The van der Waals surface area contributed by atoms with Gasteiger partial charge in [-0.15, -0.1) is 0 Å². The van der Waals surface area contributed by atoms with Crippen LogP contribution in [0.4, 0.5) is 10.5 Å². The maximum Gasteiger partial charge on any atom is 0.339 e. The molecule has 0 radical (unpaired) electrons. The molecule has 2 amide bonds. The lowest BCUT2D eigenvalue weighted by Gasteiger charge is -2.13. The van der Waals surface area contributed by atoms with Crippen molar-refractivity contribution in [2.45, 2.75) is 11.8 Å². The van der Waals surface area contributed by atoms with Crippen molar-refractivity contribution in [1.82, 2.24) is 4.90 Å². The largest absolute Gasteiger partial charge is 0.492 e. The van der Waals surface area contributed by atoms with E-state index in [2.05, 4.69) is 0 Å². The zero-order chi connectivity index (χ0) is 26.6.